The van der Waals surface area contributed by atoms with Crippen LogP contribution in [0.3, 0.4) is 0 Å². The Morgan fingerprint density at radius 2 is 2.37 bits per heavy atom. The Labute approximate surface area is 113 Å². The molecule has 1 aromatic heterocycles. The SMILES string of the molecule is COC(=O)C1N=C(C)OC1c1ccc(C[N+](=O)[O-])s1. The van der Waals surface area contributed by atoms with E-state index in [1.807, 2.05) is 0 Å². The van der Waals surface area contributed by atoms with Crippen LogP contribution in [0.15, 0.2) is 17.1 Å². The predicted molar refractivity (Wildman–Crippen MR) is 67.8 cm³/mol. The summed E-state index contributed by atoms with van der Waals surface area (Å²) in [7, 11) is 1.29. The van der Waals surface area contributed by atoms with Gasteiger partial charge in [-0.15, -0.1) is 11.3 Å². The minimum absolute atomic E-state index is 0.236. The molecule has 102 valence electrons. The van der Waals surface area contributed by atoms with Crippen LogP contribution >= 0.6 is 11.3 Å². The molecule has 0 aliphatic carbocycles. The molecule has 19 heavy (non-hydrogen) atoms. The van der Waals surface area contributed by atoms with Crippen LogP contribution in [0.25, 0.3) is 0 Å². The van der Waals surface area contributed by atoms with Crippen molar-refractivity contribution in [2.24, 2.45) is 4.99 Å². The molecular weight excluding hydrogens is 272 g/mol. The van der Waals surface area contributed by atoms with Gasteiger partial charge in [-0.25, -0.2) is 9.79 Å². The minimum Gasteiger partial charge on any atom is -0.469 e. The molecule has 8 heteroatoms. The van der Waals surface area contributed by atoms with E-state index in [0.29, 0.717) is 10.8 Å². The summed E-state index contributed by atoms with van der Waals surface area (Å²) in [6.07, 6.45) is -0.557. The van der Waals surface area contributed by atoms with Crippen molar-refractivity contribution in [1.82, 2.24) is 0 Å². The average Bonchev–Trinajstić information content (AvgIpc) is 2.94. The van der Waals surface area contributed by atoms with Crippen LogP contribution in [-0.4, -0.2) is 29.9 Å². The second kappa shape index (κ2) is 5.35. The number of carbonyl (C=O) groups excluding carboxylic acids is 1. The third kappa shape index (κ3) is 2.90. The van der Waals surface area contributed by atoms with Crippen molar-refractivity contribution < 1.29 is 19.2 Å². The van der Waals surface area contributed by atoms with Gasteiger partial charge in [-0.3, -0.25) is 10.1 Å². The molecule has 1 aliphatic rings. The molecule has 0 fully saturated rings. The maximum absolute atomic E-state index is 11.6. The third-order valence-corrected chi connectivity index (χ3v) is 3.73. The van der Waals surface area contributed by atoms with Crippen molar-refractivity contribution in [3.05, 3.63) is 32.0 Å². The van der Waals surface area contributed by atoms with Gasteiger partial charge in [0.1, 0.15) is 0 Å². The van der Waals surface area contributed by atoms with Crippen LogP contribution in [0.1, 0.15) is 22.8 Å². The number of nitro groups is 1. The van der Waals surface area contributed by atoms with E-state index in [0.717, 1.165) is 4.88 Å². The molecule has 2 unspecified atom stereocenters. The zero-order valence-corrected chi connectivity index (χ0v) is 11.2. The lowest BCUT2D eigenvalue weighted by Gasteiger charge is -2.13. The zero-order chi connectivity index (χ0) is 14.0. The lowest BCUT2D eigenvalue weighted by atomic mass is 10.1. The Hall–Kier alpha value is -1.96. The Morgan fingerprint density at radius 3 is 3.00 bits per heavy atom. The molecule has 7 nitrogen and oxygen atoms in total. The molecule has 0 radical (unpaired) electrons. The van der Waals surface area contributed by atoms with Gasteiger partial charge in [0.05, 0.1) is 12.0 Å². The van der Waals surface area contributed by atoms with Crippen LogP contribution < -0.4 is 0 Å². The molecule has 2 heterocycles. The van der Waals surface area contributed by atoms with Crippen LogP contribution in [0.5, 0.6) is 0 Å². The number of nitrogens with zero attached hydrogens (tertiary/aromatic N) is 2. The Morgan fingerprint density at radius 1 is 1.63 bits per heavy atom. The van der Waals surface area contributed by atoms with Crippen LogP contribution in [0.2, 0.25) is 0 Å². The highest BCUT2D eigenvalue weighted by atomic mass is 32.1. The molecule has 0 aromatic carbocycles. The number of aliphatic imine (C=N–C) groups is 1. The first-order valence-electron chi connectivity index (χ1n) is 5.50. The van der Waals surface area contributed by atoms with Gasteiger partial charge in [0.25, 0.3) is 0 Å². The maximum atomic E-state index is 11.6. The lowest BCUT2D eigenvalue weighted by Crippen LogP contribution is -2.24. The van der Waals surface area contributed by atoms with E-state index >= 15 is 0 Å². The van der Waals surface area contributed by atoms with Gasteiger partial charge >= 0.3 is 5.97 Å². The Kier molecular flexibility index (Phi) is 3.79. The van der Waals surface area contributed by atoms with E-state index in [9.17, 15) is 14.9 Å². The fourth-order valence-corrected chi connectivity index (χ4v) is 2.85. The lowest BCUT2D eigenvalue weighted by molar-refractivity contribution is -0.496. The van der Waals surface area contributed by atoms with Gasteiger partial charge in [-0.1, -0.05) is 0 Å². The normalized spacial score (nSPS) is 21.7. The summed E-state index contributed by atoms with van der Waals surface area (Å²) in [5.41, 5.74) is 0. The van der Waals surface area contributed by atoms with Crippen LogP contribution in [-0.2, 0) is 20.8 Å². The van der Waals surface area contributed by atoms with E-state index < -0.39 is 23.0 Å². The summed E-state index contributed by atoms with van der Waals surface area (Å²) in [4.78, 5) is 27.1. The smallest absolute Gasteiger partial charge is 0.335 e. The molecule has 0 bridgehead atoms. The summed E-state index contributed by atoms with van der Waals surface area (Å²) in [5, 5.41) is 10.5. The van der Waals surface area contributed by atoms with Gasteiger partial charge in [0.2, 0.25) is 6.54 Å². The first-order chi connectivity index (χ1) is 9.01. The molecular formula is C11H12N2O5S. The van der Waals surface area contributed by atoms with E-state index in [4.69, 9.17) is 4.74 Å². The number of thiophene rings is 1. The molecule has 1 aliphatic heterocycles. The third-order valence-electron chi connectivity index (χ3n) is 2.60. The number of carbonyl (C=O) groups is 1. The molecule has 2 atom stereocenters. The molecule has 1 aromatic rings. The van der Waals surface area contributed by atoms with Crippen molar-refractivity contribution in [3.8, 4) is 0 Å². The molecule has 0 saturated carbocycles. The Bertz CT molecular complexity index is 539. The standard InChI is InChI=1S/C11H12N2O5S/c1-6-12-9(11(14)17-2)10(18-6)8-4-3-7(19-8)5-13(15)16/h3-4,9-10H,5H2,1-2H3. The molecule has 2 rings (SSSR count). The van der Waals surface area contributed by atoms with E-state index in [-0.39, 0.29) is 6.54 Å². The molecule has 0 spiro atoms. The molecule has 0 N–H and O–H groups in total. The second-order valence-corrected chi connectivity index (χ2v) is 5.15. The van der Waals surface area contributed by atoms with Crippen LogP contribution in [0.4, 0.5) is 0 Å². The fraction of sp³-hybridized carbons (Fsp3) is 0.455. The number of ether oxygens (including phenoxy) is 2. The Balaban J connectivity index is 2.19. The number of rotatable bonds is 4. The fourth-order valence-electron chi connectivity index (χ4n) is 1.81. The van der Waals surface area contributed by atoms with Gasteiger partial charge in [0, 0.05) is 16.7 Å². The summed E-state index contributed by atoms with van der Waals surface area (Å²) in [5.74, 6) is -0.0734. The van der Waals surface area contributed by atoms with Crippen molar-refractivity contribution in [1.29, 1.82) is 0 Å². The highest BCUT2D eigenvalue weighted by Crippen LogP contribution is 2.34. The van der Waals surface area contributed by atoms with E-state index in [1.165, 1.54) is 18.4 Å². The first kappa shape index (κ1) is 13.5. The average molecular weight is 284 g/mol. The number of hydrogen-bond donors (Lipinski definition) is 0. The summed E-state index contributed by atoms with van der Waals surface area (Å²) >= 11 is 1.24. The summed E-state index contributed by atoms with van der Waals surface area (Å²) in [6, 6.07) is 2.64. The number of esters is 1. The van der Waals surface area contributed by atoms with Gasteiger partial charge in [-0.05, 0) is 12.1 Å². The van der Waals surface area contributed by atoms with Crippen molar-refractivity contribution >= 4 is 23.2 Å². The molecule has 0 amide bonds. The number of hydrogen-bond acceptors (Lipinski definition) is 7. The van der Waals surface area contributed by atoms with Gasteiger partial charge in [0.15, 0.2) is 18.0 Å². The van der Waals surface area contributed by atoms with Crippen molar-refractivity contribution in [2.75, 3.05) is 7.11 Å². The van der Waals surface area contributed by atoms with E-state index in [2.05, 4.69) is 9.73 Å². The van der Waals surface area contributed by atoms with Crippen LogP contribution in [0, 0.1) is 10.1 Å². The highest BCUT2D eigenvalue weighted by Gasteiger charge is 2.38. The predicted octanol–water partition coefficient (Wildman–Crippen LogP) is 1.56. The first-order valence-corrected chi connectivity index (χ1v) is 6.32. The largest absolute Gasteiger partial charge is 0.469 e. The van der Waals surface area contributed by atoms with Crippen molar-refractivity contribution in [2.45, 2.75) is 25.6 Å². The monoisotopic (exact) mass is 284 g/mol. The van der Waals surface area contributed by atoms with Gasteiger partial charge < -0.3 is 9.47 Å². The van der Waals surface area contributed by atoms with Crippen molar-refractivity contribution in [3.63, 3.8) is 0 Å². The summed E-state index contributed by atoms with van der Waals surface area (Å²) < 4.78 is 10.2. The number of methoxy groups -OCH3 is 1. The minimum atomic E-state index is -0.743. The highest BCUT2D eigenvalue weighted by molar-refractivity contribution is 7.12. The quantitative estimate of drug-likeness (QED) is 0.475. The maximum Gasteiger partial charge on any atom is 0.335 e. The summed E-state index contributed by atoms with van der Waals surface area (Å²) in [6.45, 7) is 1.42. The zero-order valence-electron chi connectivity index (χ0n) is 10.4. The van der Waals surface area contributed by atoms with E-state index in [1.54, 1.807) is 19.1 Å². The van der Waals surface area contributed by atoms with Gasteiger partial charge in [-0.2, -0.15) is 0 Å². The second-order valence-electron chi connectivity index (χ2n) is 3.95. The molecule has 0 saturated heterocycles. The topological polar surface area (TPSA) is 91.0 Å².